The van der Waals surface area contributed by atoms with Gasteiger partial charge in [-0.1, -0.05) is 19.1 Å². The lowest BCUT2D eigenvalue weighted by Crippen LogP contribution is -1.86. The van der Waals surface area contributed by atoms with Gasteiger partial charge in [-0.05, 0) is 18.6 Å². The van der Waals surface area contributed by atoms with Crippen LogP contribution >= 0.6 is 0 Å². The second kappa shape index (κ2) is 4.01. The summed E-state index contributed by atoms with van der Waals surface area (Å²) in [5, 5.41) is 0. The summed E-state index contributed by atoms with van der Waals surface area (Å²) in [5.41, 5.74) is 3.36. The smallest absolute Gasteiger partial charge is 0.0401 e. The largest absolute Gasteiger partial charge is 0.264 e. The van der Waals surface area contributed by atoms with Crippen LogP contribution in [0.1, 0.15) is 12.6 Å². The van der Waals surface area contributed by atoms with Gasteiger partial charge in [-0.25, -0.2) is 0 Å². The fourth-order valence-electron chi connectivity index (χ4n) is 1.34. The normalized spacial score (nSPS) is 10.1. The van der Waals surface area contributed by atoms with E-state index in [1.807, 2.05) is 24.5 Å². The lowest BCUT2D eigenvalue weighted by atomic mass is 10.1. The third-order valence-corrected chi connectivity index (χ3v) is 2.18. The Kier molecular flexibility index (Phi) is 2.54. The van der Waals surface area contributed by atoms with Gasteiger partial charge in [-0.3, -0.25) is 9.97 Å². The molecule has 0 unspecified atom stereocenters. The van der Waals surface area contributed by atoms with Crippen LogP contribution in [0.3, 0.4) is 0 Å². The van der Waals surface area contributed by atoms with Crippen molar-refractivity contribution in [1.29, 1.82) is 0 Å². The van der Waals surface area contributed by atoms with E-state index in [0.29, 0.717) is 0 Å². The maximum atomic E-state index is 4.35. The predicted molar refractivity (Wildman–Crippen MR) is 56.8 cm³/mol. The molecule has 70 valence electrons. The highest BCUT2D eigenvalue weighted by Crippen LogP contribution is 2.16. The van der Waals surface area contributed by atoms with E-state index in [9.17, 15) is 0 Å². The van der Waals surface area contributed by atoms with E-state index in [-0.39, 0.29) is 0 Å². The predicted octanol–water partition coefficient (Wildman–Crippen LogP) is 2.71. The first-order valence-electron chi connectivity index (χ1n) is 4.75. The molecule has 2 aromatic rings. The van der Waals surface area contributed by atoms with Gasteiger partial charge in [0, 0.05) is 35.4 Å². The molecule has 0 aliphatic heterocycles. The molecule has 0 aromatic carbocycles. The Morgan fingerprint density at radius 2 is 1.93 bits per heavy atom. The summed E-state index contributed by atoms with van der Waals surface area (Å²) >= 11 is 0. The van der Waals surface area contributed by atoms with Gasteiger partial charge in [0.1, 0.15) is 0 Å². The maximum absolute atomic E-state index is 4.35. The molecule has 0 saturated heterocycles. The van der Waals surface area contributed by atoms with Crippen LogP contribution in [-0.2, 0) is 6.42 Å². The fourth-order valence-corrected chi connectivity index (χ4v) is 1.34. The molecule has 0 spiro atoms. The lowest BCUT2D eigenvalue weighted by Gasteiger charge is -2.00. The zero-order valence-electron chi connectivity index (χ0n) is 8.14. The van der Waals surface area contributed by atoms with Crippen molar-refractivity contribution in [1.82, 2.24) is 9.97 Å². The molecule has 14 heavy (non-hydrogen) atoms. The number of hydrogen-bond donors (Lipinski definition) is 0. The van der Waals surface area contributed by atoms with Crippen molar-refractivity contribution in [2.24, 2.45) is 0 Å². The third-order valence-electron chi connectivity index (χ3n) is 2.18. The van der Waals surface area contributed by atoms with Gasteiger partial charge in [0.15, 0.2) is 0 Å². The topological polar surface area (TPSA) is 25.8 Å². The molecule has 2 heterocycles. The molecule has 2 heteroatoms. The second-order valence-corrected chi connectivity index (χ2v) is 3.13. The van der Waals surface area contributed by atoms with Crippen LogP contribution < -0.4 is 0 Å². The first-order chi connectivity index (χ1) is 6.90. The molecule has 0 radical (unpaired) electrons. The molecule has 2 rings (SSSR count). The third kappa shape index (κ3) is 1.79. The van der Waals surface area contributed by atoms with Crippen LogP contribution in [0.2, 0.25) is 0 Å². The second-order valence-electron chi connectivity index (χ2n) is 3.13. The van der Waals surface area contributed by atoms with Gasteiger partial charge in [-0.15, -0.1) is 0 Å². The average molecular weight is 184 g/mol. The monoisotopic (exact) mass is 184 g/mol. The van der Waals surface area contributed by atoms with Crippen LogP contribution in [0.5, 0.6) is 0 Å². The Hall–Kier alpha value is -1.70. The maximum Gasteiger partial charge on any atom is 0.0401 e. The summed E-state index contributed by atoms with van der Waals surface area (Å²) in [6.07, 6.45) is 6.50. The highest BCUT2D eigenvalue weighted by molar-refractivity contribution is 5.60. The molecule has 2 nitrogen and oxygen atoms in total. The van der Waals surface area contributed by atoms with E-state index in [4.69, 9.17) is 0 Å². The van der Waals surface area contributed by atoms with Gasteiger partial charge in [0.25, 0.3) is 0 Å². The SMILES string of the molecule is CCc1ccc(-c2cccnc2)cn1. The van der Waals surface area contributed by atoms with Gasteiger partial charge in [-0.2, -0.15) is 0 Å². The minimum Gasteiger partial charge on any atom is -0.264 e. The minimum atomic E-state index is 0.979. The van der Waals surface area contributed by atoms with Gasteiger partial charge in [0.05, 0.1) is 0 Å². The lowest BCUT2D eigenvalue weighted by molar-refractivity contribution is 1.04. The molecule has 0 aliphatic carbocycles. The van der Waals surface area contributed by atoms with Gasteiger partial charge < -0.3 is 0 Å². The molecule has 0 amide bonds. The van der Waals surface area contributed by atoms with Gasteiger partial charge in [0.2, 0.25) is 0 Å². The Bertz CT molecular complexity index is 392. The van der Waals surface area contributed by atoms with Crippen molar-refractivity contribution in [2.75, 3.05) is 0 Å². The number of aromatic nitrogens is 2. The summed E-state index contributed by atoms with van der Waals surface area (Å²) < 4.78 is 0. The zero-order valence-corrected chi connectivity index (χ0v) is 8.14. The molecule has 0 bridgehead atoms. The molecular formula is C12H12N2. The minimum absolute atomic E-state index is 0.979. The van der Waals surface area contributed by atoms with Crippen LogP contribution in [0, 0.1) is 0 Å². The Morgan fingerprint density at radius 3 is 2.50 bits per heavy atom. The zero-order chi connectivity index (χ0) is 9.80. The molecule has 0 atom stereocenters. The molecule has 0 fully saturated rings. The van der Waals surface area contributed by atoms with Gasteiger partial charge >= 0.3 is 0 Å². The fraction of sp³-hybridized carbons (Fsp3) is 0.167. The summed E-state index contributed by atoms with van der Waals surface area (Å²) in [6.45, 7) is 2.10. The molecule has 0 saturated carbocycles. The van der Waals surface area contributed by atoms with Crippen molar-refractivity contribution in [2.45, 2.75) is 13.3 Å². The summed E-state index contributed by atoms with van der Waals surface area (Å²) in [7, 11) is 0. The first-order valence-corrected chi connectivity index (χ1v) is 4.75. The van der Waals surface area contributed by atoms with Crippen LogP contribution in [0.4, 0.5) is 0 Å². The number of aryl methyl sites for hydroxylation is 1. The van der Waals surface area contributed by atoms with Crippen molar-refractivity contribution in [3.8, 4) is 11.1 Å². The number of rotatable bonds is 2. The van der Waals surface area contributed by atoms with E-state index in [0.717, 1.165) is 23.2 Å². The van der Waals surface area contributed by atoms with E-state index in [1.165, 1.54) is 0 Å². The number of nitrogens with zero attached hydrogens (tertiary/aromatic N) is 2. The highest BCUT2D eigenvalue weighted by atomic mass is 14.7. The molecule has 0 N–H and O–H groups in total. The number of hydrogen-bond acceptors (Lipinski definition) is 2. The van der Waals surface area contributed by atoms with Crippen molar-refractivity contribution >= 4 is 0 Å². The highest BCUT2D eigenvalue weighted by Gasteiger charge is 1.97. The van der Waals surface area contributed by atoms with E-state index in [2.05, 4.69) is 29.0 Å². The van der Waals surface area contributed by atoms with Crippen molar-refractivity contribution in [3.63, 3.8) is 0 Å². The first kappa shape index (κ1) is 8.88. The summed E-state index contributed by atoms with van der Waals surface area (Å²) in [6, 6.07) is 8.11. The Labute approximate surface area is 83.7 Å². The Balaban J connectivity index is 2.34. The van der Waals surface area contributed by atoms with Crippen molar-refractivity contribution < 1.29 is 0 Å². The standard InChI is InChI=1S/C12H12N2/c1-2-12-6-5-11(9-14-12)10-4-3-7-13-8-10/h3-9H,2H2,1H3. The van der Waals surface area contributed by atoms with Crippen LogP contribution in [0.25, 0.3) is 11.1 Å². The quantitative estimate of drug-likeness (QED) is 0.717. The van der Waals surface area contributed by atoms with Crippen LogP contribution in [-0.4, -0.2) is 9.97 Å². The van der Waals surface area contributed by atoms with E-state index < -0.39 is 0 Å². The average Bonchev–Trinajstić information content (AvgIpc) is 2.30. The number of pyridine rings is 2. The molecular weight excluding hydrogens is 172 g/mol. The Morgan fingerprint density at radius 1 is 1.07 bits per heavy atom. The van der Waals surface area contributed by atoms with E-state index >= 15 is 0 Å². The summed E-state index contributed by atoms with van der Waals surface area (Å²) in [4.78, 5) is 8.42. The molecule has 2 aromatic heterocycles. The van der Waals surface area contributed by atoms with E-state index in [1.54, 1.807) is 6.20 Å². The summed E-state index contributed by atoms with van der Waals surface area (Å²) in [5.74, 6) is 0. The molecule has 0 aliphatic rings. The van der Waals surface area contributed by atoms with Crippen LogP contribution in [0.15, 0.2) is 42.9 Å². The van der Waals surface area contributed by atoms with Crippen molar-refractivity contribution in [3.05, 3.63) is 48.5 Å².